The second-order valence-electron chi connectivity index (χ2n) is 4.95. The van der Waals surface area contributed by atoms with Gasteiger partial charge in [-0.05, 0) is 37.3 Å². The molecule has 2 aliphatic rings. The van der Waals surface area contributed by atoms with Gasteiger partial charge in [-0.15, -0.1) is 0 Å². The molecule has 1 aliphatic heterocycles. The highest BCUT2D eigenvalue weighted by Crippen LogP contribution is 2.37. The standard InChI is InChI=1S/C14H17NO/c16-10-11-8-13(9-11)15-7-3-5-12-4-1-2-6-14(12)15/h1-2,4,6,10-11,13H,3,5,7-9H2. The Kier molecular flexibility index (Phi) is 2.43. The van der Waals surface area contributed by atoms with E-state index in [1.807, 2.05) is 0 Å². The van der Waals surface area contributed by atoms with Crippen LogP contribution in [0.25, 0.3) is 0 Å². The third-order valence-electron chi connectivity index (χ3n) is 3.93. The summed E-state index contributed by atoms with van der Waals surface area (Å²) in [6.45, 7) is 1.16. The third kappa shape index (κ3) is 1.53. The number of benzene rings is 1. The van der Waals surface area contributed by atoms with Crippen molar-refractivity contribution in [2.24, 2.45) is 5.92 Å². The largest absolute Gasteiger partial charge is 0.368 e. The Hall–Kier alpha value is -1.31. The second-order valence-corrected chi connectivity index (χ2v) is 4.95. The highest BCUT2D eigenvalue weighted by atomic mass is 16.1. The molecule has 0 N–H and O–H groups in total. The summed E-state index contributed by atoms with van der Waals surface area (Å²) in [6.07, 6.45) is 5.68. The molecule has 1 aromatic rings. The number of carbonyl (C=O) groups excluding carboxylic acids is 1. The van der Waals surface area contributed by atoms with E-state index < -0.39 is 0 Å². The van der Waals surface area contributed by atoms with Crippen molar-refractivity contribution >= 4 is 12.0 Å². The summed E-state index contributed by atoms with van der Waals surface area (Å²) in [6, 6.07) is 9.31. The van der Waals surface area contributed by atoms with Crippen LogP contribution >= 0.6 is 0 Å². The van der Waals surface area contributed by atoms with E-state index in [1.54, 1.807) is 0 Å². The first-order chi connectivity index (χ1) is 7.88. The Bertz CT molecular complexity index is 395. The molecule has 0 aromatic heterocycles. The highest BCUT2D eigenvalue weighted by molar-refractivity contribution is 5.60. The molecule has 2 heteroatoms. The van der Waals surface area contributed by atoms with E-state index in [-0.39, 0.29) is 0 Å². The molecule has 1 saturated carbocycles. The zero-order chi connectivity index (χ0) is 11.0. The summed E-state index contributed by atoms with van der Waals surface area (Å²) in [5.41, 5.74) is 2.88. The number of nitrogens with zero attached hydrogens (tertiary/aromatic N) is 1. The lowest BCUT2D eigenvalue weighted by Crippen LogP contribution is -2.47. The van der Waals surface area contributed by atoms with Crippen LogP contribution < -0.4 is 4.90 Å². The van der Waals surface area contributed by atoms with Crippen LogP contribution in [0.3, 0.4) is 0 Å². The van der Waals surface area contributed by atoms with Crippen LogP contribution in [0.15, 0.2) is 24.3 Å². The number of hydrogen-bond donors (Lipinski definition) is 0. The predicted octanol–water partition coefficient (Wildman–Crippen LogP) is 2.42. The molecular formula is C14H17NO. The fourth-order valence-corrected chi connectivity index (χ4v) is 2.94. The topological polar surface area (TPSA) is 20.3 Å². The zero-order valence-corrected chi connectivity index (χ0v) is 9.43. The van der Waals surface area contributed by atoms with Crippen molar-refractivity contribution in [2.45, 2.75) is 31.7 Å². The molecule has 2 nitrogen and oxygen atoms in total. The molecule has 1 heterocycles. The van der Waals surface area contributed by atoms with Crippen molar-refractivity contribution < 1.29 is 4.79 Å². The summed E-state index contributed by atoms with van der Waals surface area (Å²) in [5.74, 6) is 0.319. The van der Waals surface area contributed by atoms with Gasteiger partial charge in [0, 0.05) is 24.2 Å². The molecule has 0 atom stereocenters. The van der Waals surface area contributed by atoms with Crippen molar-refractivity contribution in [1.29, 1.82) is 0 Å². The van der Waals surface area contributed by atoms with Crippen LogP contribution in [0, 0.1) is 5.92 Å². The van der Waals surface area contributed by atoms with Gasteiger partial charge in [-0.25, -0.2) is 0 Å². The molecule has 1 fully saturated rings. The van der Waals surface area contributed by atoms with Gasteiger partial charge in [-0.2, -0.15) is 0 Å². The second kappa shape index (κ2) is 3.93. The van der Waals surface area contributed by atoms with Crippen LogP contribution in [0.2, 0.25) is 0 Å². The summed E-state index contributed by atoms with van der Waals surface area (Å²) >= 11 is 0. The molecule has 0 saturated heterocycles. The number of aryl methyl sites for hydroxylation is 1. The number of carbonyl (C=O) groups is 1. The molecule has 84 valence electrons. The minimum atomic E-state index is 0.319. The quantitative estimate of drug-likeness (QED) is 0.706. The van der Waals surface area contributed by atoms with E-state index in [1.165, 1.54) is 24.1 Å². The zero-order valence-electron chi connectivity index (χ0n) is 9.43. The Morgan fingerprint density at radius 1 is 1.25 bits per heavy atom. The molecule has 1 aliphatic carbocycles. The molecule has 16 heavy (non-hydrogen) atoms. The summed E-state index contributed by atoms with van der Waals surface area (Å²) < 4.78 is 0. The molecule has 0 unspecified atom stereocenters. The smallest absolute Gasteiger partial charge is 0.123 e. The van der Waals surface area contributed by atoms with Gasteiger partial charge in [0.05, 0.1) is 0 Å². The van der Waals surface area contributed by atoms with E-state index in [4.69, 9.17) is 0 Å². The Balaban J connectivity index is 1.80. The van der Waals surface area contributed by atoms with Crippen molar-refractivity contribution in [1.82, 2.24) is 0 Å². The average molecular weight is 215 g/mol. The predicted molar refractivity (Wildman–Crippen MR) is 64.7 cm³/mol. The van der Waals surface area contributed by atoms with Crippen molar-refractivity contribution in [3.8, 4) is 0 Å². The summed E-state index contributed by atoms with van der Waals surface area (Å²) in [5, 5.41) is 0. The molecule has 3 rings (SSSR count). The maximum absolute atomic E-state index is 10.6. The van der Waals surface area contributed by atoms with Crippen molar-refractivity contribution in [2.75, 3.05) is 11.4 Å². The van der Waals surface area contributed by atoms with Gasteiger partial charge in [0.15, 0.2) is 0 Å². The SMILES string of the molecule is O=CC1CC(N2CCCc3ccccc32)C1. The van der Waals surface area contributed by atoms with Gasteiger partial charge in [0.2, 0.25) is 0 Å². The summed E-state index contributed by atoms with van der Waals surface area (Å²) in [4.78, 5) is 13.2. The first-order valence-electron chi connectivity index (χ1n) is 6.18. The molecule has 0 radical (unpaired) electrons. The van der Waals surface area contributed by atoms with E-state index in [0.29, 0.717) is 12.0 Å². The molecular weight excluding hydrogens is 198 g/mol. The maximum atomic E-state index is 10.6. The van der Waals surface area contributed by atoms with Crippen LogP contribution in [-0.4, -0.2) is 18.9 Å². The molecule has 0 amide bonds. The van der Waals surface area contributed by atoms with Gasteiger partial charge < -0.3 is 9.69 Å². The van der Waals surface area contributed by atoms with Crippen LogP contribution in [0.4, 0.5) is 5.69 Å². The third-order valence-corrected chi connectivity index (χ3v) is 3.93. The average Bonchev–Trinajstić information content (AvgIpc) is 2.28. The number of aldehydes is 1. The van der Waals surface area contributed by atoms with E-state index in [0.717, 1.165) is 25.7 Å². The van der Waals surface area contributed by atoms with Crippen LogP contribution in [0.1, 0.15) is 24.8 Å². The lowest BCUT2D eigenvalue weighted by molar-refractivity contribution is -0.113. The number of anilines is 1. The molecule has 0 bridgehead atoms. The summed E-state index contributed by atoms with van der Waals surface area (Å²) in [7, 11) is 0. The van der Waals surface area contributed by atoms with Gasteiger partial charge in [-0.3, -0.25) is 0 Å². The van der Waals surface area contributed by atoms with Crippen LogP contribution in [-0.2, 0) is 11.2 Å². The lowest BCUT2D eigenvalue weighted by atomic mass is 9.79. The van der Waals surface area contributed by atoms with E-state index >= 15 is 0 Å². The molecule has 0 spiro atoms. The highest BCUT2D eigenvalue weighted by Gasteiger charge is 2.34. The first-order valence-corrected chi connectivity index (χ1v) is 6.18. The number of fused-ring (bicyclic) bond motifs is 1. The van der Waals surface area contributed by atoms with E-state index in [9.17, 15) is 4.79 Å². The maximum Gasteiger partial charge on any atom is 0.123 e. The number of rotatable bonds is 2. The van der Waals surface area contributed by atoms with Crippen molar-refractivity contribution in [3.63, 3.8) is 0 Å². The lowest BCUT2D eigenvalue weighted by Gasteiger charge is -2.45. The Labute approximate surface area is 96.3 Å². The van der Waals surface area contributed by atoms with Gasteiger partial charge >= 0.3 is 0 Å². The number of hydrogen-bond acceptors (Lipinski definition) is 2. The fraction of sp³-hybridized carbons (Fsp3) is 0.500. The van der Waals surface area contributed by atoms with Gasteiger partial charge in [0.25, 0.3) is 0 Å². The van der Waals surface area contributed by atoms with Gasteiger partial charge in [-0.1, -0.05) is 18.2 Å². The fourth-order valence-electron chi connectivity index (χ4n) is 2.94. The Morgan fingerprint density at radius 3 is 2.88 bits per heavy atom. The monoisotopic (exact) mass is 215 g/mol. The minimum absolute atomic E-state index is 0.319. The minimum Gasteiger partial charge on any atom is -0.368 e. The van der Waals surface area contributed by atoms with Crippen molar-refractivity contribution in [3.05, 3.63) is 29.8 Å². The first kappa shape index (κ1) is 9.88. The normalized spacial score (nSPS) is 28.1. The Morgan fingerprint density at radius 2 is 2.06 bits per heavy atom. The number of para-hydroxylation sites is 1. The van der Waals surface area contributed by atoms with Crippen LogP contribution in [0.5, 0.6) is 0 Å². The molecule has 1 aromatic carbocycles. The van der Waals surface area contributed by atoms with Gasteiger partial charge in [0.1, 0.15) is 6.29 Å². The van der Waals surface area contributed by atoms with E-state index in [2.05, 4.69) is 29.2 Å².